The minimum Gasteiger partial charge on any atom is -0.478 e. The van der Waals surface area contributed by atoms with Crippen LogP contribution >= 0.6 is 0 Å². The fraction of sp³-hybridized carbons (Fsp3) is 0.588. The Kier molecular flexibility index (Phi) is 4.86. The third-order valence-electron chi connectivity index (χ3n) is 4.39. The molecule has 0 spiro atoms. The topological polar surface area (TPSA) is 49.3 Å². The summed E-state index contributed by atoms with van der Waals surface area (Å²) in [6.07, 6.45) is 5.77. The Bertz CT molecular complexity index is 508. The number of carbonyl (C=O) groups is 1. The van der Waals surface area contributed by atoms with Gasteiger partial charge in [-0.05, 0) is 42.7 Å². The van der Waals surface area contributed by atoms with E-state index in [4.69, 9.17) is 0 Å². The van der Waals surface area contributed by atoms with Crippen LogP contribution in [0.25, 0.3) is 0 Å². The highest BCUT2D eigenvalue weighted by Crippen LogP contribution is 2.43. The van der Waals surface area contributed by atoms with Gasteiger partial charge in [-0.15, -0.1) is 0 Å². The van der Waals surface area contributed by atoms with E-state index in [1.54, 1.807) is 0 Å². The number of benzene rings is 1. The third kappa shape index (κ3) is 3.74. The maximum Gasteiger partial charge on any atom is 0.337 e. The average Bonchev–Trinajstić information content (AvgIpc) is 2.85. The molecule has 0 saturated heterocycles. The monoisotopic (exact) mass is 293 g/mol. The smallest absolute Gasteiger partial charge is 0.337 e. The highest BCUT2D eigenvalue weighted by Gasteiger charge is 2.34. The molecule has 0 unspecified atom stereocenters. The molecule has 21 heavy (non-hydrogen) atoms. The van der Waals surface area contributed by atoms with Crippen LogP contribution in [0.2, 0.25) is 0 Å². The quantitative estimate of drug-likeness (QED) is 0.809. The fourth-order valence-electron chi connectivity index (χ4n) is 3.60. The van der Waals surface area contributed by atoms with Crippen molar-refractivity contribution in [2.24, 2.45) is 11.3 Å². The van der Waals surface area contributed by atoms with Crippen LogP contribution in [0.3, 0.4) is 0 Å². The highest BCUT2D eigenvalue weighted by molar-refractivity contribution is 5.94. The van der Waals surface area contributed by atoms with Crippen LogP contribution in [0.1, 0.15) is 56.3 Å². The standard InChI is InChI=1S/C17H24FNO2/c1-12(2)10-17(8-3-4-9-17)11-19-15-13(16(20)21)6-5-7-14(15)18/h5-7,12,19H,3-4,8-11H2,1-2H3,(H,20,21). The molecule has 3 nitrogen and oxygen atoms in total. The fourth-order valence-corrected chi connectivity index (χ4v) is 3.60. The number of aromatic carboxylic acids is 1. The maximum absolute atomic E-state index is 13.9. The van der Waals surface area contributed by atoms with Gasteiger partial charge in [0.1, 0.15) is 5.82 Å². The van der Waals surface area contributed by atoms with E-state index in [9.17, 15) is 14.3 Å². The summed E-state index contributed by atoms with van der Waals surface area (Å²) in [5.41, 5.74) is 0.305. The van der Waals surface area contributed by atoms with Crippen LogP contribution in [-0.2, 0) is 0 Å². The number of rotatable bonds is 6. The van der Waals surface area contributed by atoms with Crippen LogP contribution in [0.4, 0.5) is 10.1 Å². The lowest BCUT2D eigenvalue weighted by Gasteiger charge is -2.32. The van der Waals surface area contributed by atoms with Crippen molar-refractivity contribution >= 4 is 11.7 Å². The molecule has 4 heteroatoms. The molecule has 1 fully saturated rings. The van der Waals surface area contributed by atoms with E-state index in [-0.39, 0.29) is 16.7 Å². The second-order valence-corrected chi connectivity index (χ2v) is 6.63. The molecule has 1 aliphatic carbocycles. The largest absolute Gasteiger partial charge is 0.478 e. The highest BCUT2D eigenvalue weighted by atomic mass is 19.1. The van der Waals surface area contributed by atoms with E-state index in [1.165, 1.54) is 31.0 Å². The van der Waals surface area contributed by atoms with Gasteiger partial charge in [0.15, 0.2) is 0 Å². The lowest BCUT2D eigenvalue weighted by Crippen LogP contribution is -2.29. The van der Waals surface area contributed by atoms with Crippen LogP contribution in [0, 0.1) is 17.2 Å². The maximum atomic E-state index is 13.9. The SMILES string of the molecule is CC(C)CC1(CNc2c(F)cccc2C(=O)O)CCCC1. The summed E-state index contributed by atoms with van der Waals surface area (Å²) in [6.45, 7) is 5.05. The summed E-state index contributed by atoms with van der Waals surface area (Å²) in [5, 5.41) is 12.3. The zero-order chi connectivity index (χ0) is 15.5. The Morgan fingerprint density at radius 2 is 2.05 bits per heavy atom. The number of hydrogen-bond donors (Lipinski definition) is 2. The first-order chi connectivity index (χ1) is 9.93. The van der Waals surface area contributed by atoms with E-state index < -0.39 is 11.8 Å². The van der Waals surface area contributed by atoms with Crippen molar-refractivity contribution in [3.05, 3.63) is 29.6 Å². The van der Waals surface area contributed by atoms with Gasteiger partial charge < -0.3 is 10.4 Å². The lowest BCUT2D eigenvalue weighted by molar-refractivity contribution is 0.0697. The number of para-hydroxylation sites is 1. The molecule has 0 radical (unpaired) electrons. The first-order valence-corrected chi connectivity index (χ1v) is 7.69. The molecule has 0 atom stereocenters. The molecular formula is C17H24FNO2. The van der Waals surface area contributed by atoms with Gasteiger partial charge in [0.25, 0.3) is 0 Å². The van der Waals surface area contributed by atoms with E-state index in [0.29, 0.717) is 12.5 Å². The zero-order valence-corrected chi connectivity index (χ0v) is 12.8. The molecule has 0 heterocycles. The van der Waals surface area contributed by atoms with Gasteiger partial charge in [-0.1, -0.05) is 32.8 Å². The summed E-state index contributed by atoms with van der Waals surface area (Å²) in [5.74, 6) is -1.00. The van der Waals surface area contributed by atoms with Crippen LogP contribution < -0.4 is 5.32 Å². The molecule has 0 aromatic heterocycles. The van der Waals surface area contributed by atoms with Crippen LogP contribution in [0.15, 0.2) is 18.2 Å². The summed E-state index contributed by atoms with van der Waals surface area (Å²) < 4.78 is 13.9. The Hall–Kier alpha value is -1.58. The van der Waals surface area contributed by atoms with Crippen molar-refractivity contribution in [3.8, 4) is 0 Å². The van der Waals surface area contributed by atoms with Crippen molar-refractivity contribution in [3.63, 3.8) is 0 Å². The van der Waals surface area contributed by atoms with Gasteiger partial charge in [-0.25, -0.2) is 9.18 Å². The Morgan fingerprint density at radius 3 is 2.62 bits per heavy atom. The first kappa shape index (κ1) is 15.8. The van der Waals surface area contributed by atoms with Crippen molar-refractivity contribution in [1.82, 2.24) is 0 Å². The molecule has 1 aromatic carbocycles. The molecule has 1 saturated carbocycles. The minimum atomic E-state index is -1.10. The van der Waals surface area contributed by atoms with E-state index in [2.05, 4.69) is 19.2 Å². The van der Waals surface area contributed by atoms with Crippen molar-refractivity contribution in [1.29, 1.82) is 0 Å². The zero-order valence-electron chi connectivity index (χ0n) is 12.8. The van der Waals surface area contributed by atoms with Gasteiger partial charge in [0.05, 0.1) is 11.3 Å². The molecule has 0 bridgehead atoms. The van der Waals surface area contributed by atoms with E-state index in [0.717, 1.165) is 19.3 Å². The number of carboxylic acid groups (broad SMARTS) is 1. The molecule has 1 aliphatic rings. The summed E-state index contributed by atoms with van der Waals surface area (Å²) in [7, 11) is 0. The van der Waals surface area contributed by atoms with Crippen molar-refractivity contribution < 1.29 is 14.3 Å². The second-order valence-electron chi connectivity index (χ2n) is 6.63. The summed E-state index contributed by atoms with van der Waals surface area (Å²) in [4.78, 5) is 11.2. The molecule has 1 aromatic rings. The van der Waals surface area contributed by atoms with E-state index in [1.807, 2.05) is 0 Å². The lowest BCUT2D eigenvalue weighted by atomic mass is 9.78. The van der Waals surface area contributed by atoms with Gasteiger partial charge in [-0.3, -0.25) is 0 Å². The predicted octanol–water partition coefficient (Wildman–Crippen LogP) is 4.54. The van der Waals surface area contributed by atoms with Gasteiger partial charge in [0.2, 0.25) is 0 Å². The number of anilines is 1. The van der Waals surface area contributed by atoms with Gasteiger partial charge in [0, 0.05) is 6.54 Å². The Balaban J connectivity index is 2.16. The molecular weight excluding hydrogens is 269 g/mol. The van der Waals surface area contributed by atoms with Gasteiger partial charge >= 0.3 is 5.97 Å². The average molecular weight is 293 g/mol. The van der Waals surface area contributed by atoms with Crippen molar-refractivity contribution in [2.75, 3.05) is 11.9 Å². The van der Waals surface area contributed by atoms with Crippen LogP contribution in [-0.4, -0.2) is 17.6 Å². The van der Waals surface area contributed by atoms with Crippen molar-refractivity contribution in [2.45, 2.75) is 46.0 Å². The Labute approximate surface area is 125 Å². The van der Waals surface area contributed by atoms with E-state index >= 15 is 0 Å². The molecule has 0 aliphatic heterocycles. The molecule has 116 valence electrons. The number of hydrogen-bond acceptors (Lipinski definition) is 2. The number of nitrogens with one attached hydrogen (secondary N) is 1. The molecule has 2 rings (SSSR count). The first-order valence-electron chi connectivity index (χ1n) is 7.69. The predicted molar refractivity (Wildman–Crippen MR) is 82.2 cm³/mol. The summed E-state index contributed by atoms with van der Waals surface area (Å²) in [6, 6.07) is 4.18. The normalized spacial score (nSPS) is 17.1. The third-order valence-corrected chi connectivity index (χ3v) is 4.39. The second kappa shape index (κ2) is 6.46. The summed E-state index contributed by atoms with van der Waals surface area (Å²) >= 11 is 0. The Morgan fingerprint density at radius 1 is 1.38 bits per heavy atom. The molecule has 2 N–H and O–H groups in total. The number of carboxylic acids is 1. The van der Waals surface area contributed by atoms with Gasteiger partial charge in [-0.2, -0.15) is 0 Å². The van der Waals surface area contributed by atoms with Crippen LogP contribution in [0.5, 0.6) is 0 Å². The minimum absolute atomic E-state index is 0.00712. The number of halogens is 1. The molecule has 0 amide bonds.